The summed E-state index contributed by atoms with van der Waals surface area (Å²) < 4.78 is 13.7. The van der Waals surface area contributed by atoms with E-state index in [9.17, 15) is 14.3 Å². The van der Waals surface area contributed by atoms with Crippen molar-refractivity contribution < 1.29 is 14.3 Å². The van der Waals surface area contributed by atoms with Gasteiger partial charge in [0, 0.05) is 22.0 Å². The van der Waals surface area contributed by atoms with Gasteiger partial charge < -0.3 is 5.11 Å². The second kappa shape index (κ2) is 6.14. The lowest BCUT2D eigenvalue weighted by atomic mass is 10.1. The summed E-state index contributed by atoms with van der Waals surface area (Å²) in [6.45, 7) is 0.372. The molecule has 1 aromatic carbocycles. The Kier molecular flexibility index (Phi) is 4.52. The molecule has 1 aromatic heterocycles. The normalized spacial score (nSPS) is 12.3. The van der Waals surface area contributed by atoms with E-state index in [1.165, 1.54) is 23.5 Å². The number of carboxylic acids is 1. The summed E-state index contributed by atoms with van der Waals surface area (Å²) in [5.41, 5.74) is 0.0773. The Bertz CT molecular complexity index is 574. The fourth-order valence-corrected chi connectivity index (χ4v) is 2.50. The summed E-state index contributed by atoms with van der Waals surface area (Å²) in [4.78, 5) is 12.2. The van der Waals surface area contributed by atoms with Crippen molar-refractivity contribution in [1.82, 2.24) is 5.32 Å². The Hall–Kier alpha value is -1.43. The number of hydrogen-bond acceptors (Lipinski definition) is 3. The van der Waals surface area contributed by atoms with E-state index in [0.29, 0.717) is 6.54 Å². The molecule has 0 saturated heterocycles. The number of halogens is 2. The molecule has 0 fully saturated rings. The molecule has 0 saturated carbocycles. The highest BCUT2D eigenvalue weighted by Crippen LogP contribution is 2.22. The van der Waals surface area contributed by atoms with Crippen molar-refractivity contribution in [2.24, 2.45) is 0 Å². The first-order valence-electron chi connectivity index (χ1n) is 5.51. The standard InChI is InChI=1S/C13H11ClFNO2S/c14-8-3-4-10(11(15)6-8)12(13(17)18)16-7-9-2-1-5-19-9/h1-6,12,16H,7H2,(H,17,18). The summed E-state index contributed by atoms with van der Waals surface area (Å²) in [6, 6.07) is 6.63. The Morgan fingerprint density at radius 1 is 1.47 bits per heavy atom. The van der Waals surface area contributed by atoms with Gasteiger partial charge in [0.25, 0.3) is 0 Å². The van der Waals surface area contributed by atoms with Crippen LogP contribution in [0.2, 0.25) is 5.02 Å². The number of nitrogens with one attached hydrogen (secondary N) is 1. The summed E-state index contributed by atoms with van der Waals surface area (Å²) in [7, 11) is 0. The maximum absolute atomic E-state index is 13.7. The predicted octanol–water partition coefficient (Wildman–Crippen LogP) is 3.46. The summed E-state index contributed by atoms with van der Waals surface area (Å²) in [5, 5.41) is 14.2. The molecule has 0 amide bonds. The van der Waals surface area contributed by atoms with Gasteiger partial charge in [-0.25, -0.2) is 4.39 Å². The van der Waals surface area contributed by atoms with Gasteiger partial charge in [-0.1, -0.05) is 23.7 Å². The van der Waals surface area contributed by atoms with Gasteiger partial charge in [-0.2, -0.15) is 0 Å². The largest absolute Gasteiger partial charge is 0.480 e. The van der Waals surface area contributed by atoms with E-state index < -0.39 is 17.8 Å². The lowest BCUT2D eigenvalue weighted by molar-refractivity contribution is -0.139. The average Bonchev–Trinajstić information content (AvgIpc) is 2.84. The molecule has 1 heterocycles. The van der Waals surface area contributed by atoms with Crippen LogP contribution >= 0.6 is 22.9 Å². The molecule has 0 aliphatic carbocycles. The number of carboxylic acid groups (broad SMARTS) is 1. The number of rotatable bonds is 5. The van der Waals surface area contributed by atoms with Crippen molar-refractivity contribution in [3.63, 3.8) is 0 Å². The van der Waals surface area contributed by atoms with E-state index >= 15 is 0 Å². The number of benzene rings is 1. The van der Waals surface area contributed by atoms with Crippen molar-refractivity contribution in [1.29, 1.82) is 0 Å². The van der Waals surface area contributed by atoms with Crippen molar-refractivity contribution in [3.8, 4) is 0 Å². The van der Waals surface area contributed by atoms with Crippen LogP contribution in [-0.4, -0.2) is 11.1 Å². The molecule has 6 heteroatoms. The van der Waals surface area contributed by atoms with Gasteiger partial charge in [0.2, 0.25) is 0 Å². The molecule has 0 bridgehead atoms. The van der Waals surface area contributed by atoms with E-state index in [1.54, 1.807) is 0 Å². The molecule has 1 atom stereocenters. The molecule has 0 aliphatic heterocycles. The molecule has 0 aliphatic rings. The number of aliphatic carboxylic acids is 1. The fraction of sp³-hybridized carbons (Fsp3) is 0.154. The van der Waals surface area contributed by atoms with Gasteiger partial charge in [0.15, 0.2) is 0 Å². The highest BCUT2D eigenvalue weighted by molar-refractivity contribution is 7.09. The first-order valence-corrected chi connectivity index (χ1v) is 6.77. The third-order valence-electron chi connectivity index (χ3n) is 2.58. The van der Waals surface area contributed by atoms with Gasteiger partial charge >= 0.3 is 5.97 Å². The summed E-state index contributed by atoms with van der Waals surface area (Å²) in [6.07, 6.45) is 0. The first kappa shape index (κ1) is 14.0. The van der Waals surface area contributed by atoms with Gasteiger partial charge in [-0.3, -0.25) is 10.1 Å². The highest BCUT2D eigenvalue weighted by Gasteiger charge is 2.22. The van der Waals surface area contributed by atoms with Crippen molar-refractivity contribution in [2.45, 2.75) is 12.6 Å². The van der Waals surface area contributed by atoms with Crippen molar-refractivity contribution in [2.75, 3.05) is 0 Å². The molecule has 1 unspecified atom stereocenters. The SMILES string of the molecule is O=C(O)C(NCc1cccs1)c1ccc(Cl)cc1F. The molecule has 0 radical (unpaired) electrons. The van der Waals surface area contributed by atoms with Crippen LogP contribution in [0.4, 0.5) is 4.39 Å². The molecule has 2 rings (SSSR count). The molecule has 2 N–H and O–H groups in total. The topological polar surface area (TPSA) is 49.3 Å². The molecule has 0 spiro atoms. The smallest absolute Gasteiger partial charge is 0.325 e. The van der Waals surface area contributed by atoms with Crippen LogP contribution in [-0.2, 0) is 11.3 Å². The predicted molar refractivity (Wildman–Crippen MR) is 72.9 cm³/mol. The Balaban J connectivity index is 2.17. The maximum Gasteiger partial charge on any atom is 0.325 e. The summed E-state index contributed by atoms with van der Waals surface area (Å²) in [5.74, 6) is -1.75. The lowest BCUT2D eigenvalue weighted by Gasteiger charge is -2.15. The van der Waals surface area contributed by atoms with Gasteiger partial charge in [-0.15, -0.1) is 11.3 Å². The number of carbonyl (C=O) groups is 1. The van der Waals surface area contributed by atoms with E-state index in [0.717, 1.165) is 10.9 Å². The zero-order valence-corrected chi connectivity index (χ0v) is 11.3. The van der Waals surface area contributed by atoms with Crippen LogP contribution in [0.25, 0.3) is 0 Å². The monoisotopic (exact) mass is 299 g/mol. The van der Waals surface area contributed by atoms with E-state index in [4.69, 9.17) is 11.6 Å². The Labute approximate surface area is 118 Å². The third-order valence-corrected chi connectivity index (χ3v) is 3.69. The molecule has 2 aromatic rings. The van der Waals surface area contributed by atoms with Crippen LogP contribution in [0, 0.1) is 5.82 Å². The number of thiophene rings is 1. The second-order valence-corrected chi connectivity index (χ2v) is 5.37. The zero-order valence-electron chi connectivity index (χ0n) is 9.77. The Morgan fingerprint density at radius 2 is 2.26 bits per heavy atom. The first-order chi connectivity index (χ1) is 9.08. The van der Waals surface area contributed by atoms with Crippen LogP contribution < -0.4 is 5.32 Å². The van der Waals surface area contributed by atoms with Crippen molar-refractivity contribution >= 4 is 28.9 Å². The van der Waals surface area contributed by atoms with Crippen LogP contribution in [0.15, 0.2) is 35.7 Å². The summed E-state index contributed by atoms with van der Waals surface area (Å²) >= 11 is 7.16. The minimum atomic E-state index is -1.13. The zero-order chi connectivity index (χ0) is 13.8. The maximum atomic E-state index is 13.7. The Morgan fingerprint density at radius 3 is 2.84 bits per heavy atom. The van der Waals surface area contributed by atoms with E-state index in [2.05, 4.69) is 5.32 Å². The van der Waals surface area contributed by atoms with Gasteiger partial charge in [-0.05, 0) is 23.6 Å². The third kappa shape index (κ3) is 3.53. The quantitative estimate of drug-likeness (QED) is 0.889. The molecule has 19 heavy (non-hydrogen) atoms. The molecular formula is C13H11ClFNO2S. The lowest BCUT2D eigenvalue weighted by Crippen LogP contribution is -2.28. The van der Waals surface area contributed by atoms with Gasteiger partial charge in [0.1, 0.15) is 11.9 Å². The van der Waals surface area contributed by atoms with Crippen LogP contribution in [0.1, 0.15) is 16.5 Å². The minimum Gasteiger partial charge on any atom is -0.480 e. The minimum absolute atomic E-state index is 0.0773. The van der Waals surface area contributed by atoms with E-state index in [1.807, 2.05) is 17.5 Å². The highest BCUT2D eigenvalue weighted by atomic mass is 35.5. The van der Waals surface area contributed by atoms with E-state index in [-0.39, 0.29) is 10.6 Å². The number of hydrogen-bond donors (Lipinski definition) is 2. The molecular weight excluding hydrogens is 289 g/mol. The second-order valence-electron chi connectivity index (χ2n) is 3.90. The fourth-order valence-electron chi connectivity index (χ4n) is 1.68. The average molecular weight is 300 g/mol. The van der Waals surface area contributed by atoms with Gasteiger partial charge in [0.05, 0.1) is 0 Å². The van der Waals surface area contributed by atoms with Crippen LogP contribution in [0.5, 0.6) is 0 Å². The van der Waals surface area contributed by atoms with Crippen LogP contribution in [0.3, 0.4) is 0 Å². The molecule has 3 nitrogen and oxygen atoms in total. The van der Waals surface area contributed by atoms with Crippen molar-refractivity contribution in [3.05, 3.63) is 57.0 Å². The molecule has 100 valence electrons.